The number of benzene rings is 3. The van der Waals surface area contributed by atoms with Crippen molar-refractivity contribution in [2.45, 2.75) is 26.7 Å². The minimum atomic E-state index is -0.0735. The van der Waals surface area contributed by atoms with Gasteiger partial charge in [-0.3, -0.25) is 4.79 Å². The molecule has 0 aliphatic rings. The second-order valence-corrected chi connectivity index (χ2v) is 7.25. The molecule has 0 atom stereocenters. The number of aryl methyl sites for hydroxylation is 2. The van der Waals surface area contributed by atoms with Gasteiger partial charge in [0.25, 0.3) is 0 Å². The van der Waals surface area contributed by atoms with Crippen LogP contribution in [0.5, 0.6) is 0 Å². The molecular formula is C25H23N3O2. The third-order valence-corrected chi connectivity index (χ3v) is 5.16. The molecule has 1 heterocycles. The van der Waals surface area contributed by atoms with Gasteiger partial charge >= 0.3 is 0 Å². The lowest BCUT2D eigenvalue weighted by atomic mass is 10.0. The van der Waals surface area contributed by atoms with Crippen LogP contribution in [-0.4, -0.2) is 16.0 Å². The van der Waals surface area contributed by atoms with E-state index >= 15 is 0 Å². The summed E-state index contributed by atoms with van der Waals surface area (Å²) in [7, 11) is 0. The van der Waals surface area contributed by atoms with E-state index in [1.54, 1.807) is 0 Å². The van der Waals surface area contributed by atoms with Crippen molar-refractivity contribution in [3.8, 4) is 22.5 Å². The molecule has 1 amide bonds. The molecule has 30 heavy (non-hydrogen) atoms. The number of carbonyl (C=O) groups excluding carboxylic acids is 1. The number of nitrogens with zero attached hydrogens (tertiary/aromatic N) is 2. The van der Waals surface area contributed by atoms with Crippen LogP contribution in [0.2, 0.25) is 0 Å². The molecule has 1 N–H and O–H groups in total. The van der Waals surface area contributed by atoms with Gasteiger partial charge in [0.1, 0.15) is 0 Å². The number of nitrogens with one attached hydrogen (secondary N) is 1. The lowest BCUT2D eigenvalue weighted by Gasteiger charge is -2.09. The van der Waals surface area contributed by atoms with E-state index in [-0.39, 0.29) is 12.3 Å². The zero-order valence-corrected chi connectivity index (χ0v) is 17.1. The maximum Gasteiger partial charge on any atom is 0.227 e. The molecule has 4 aromatic rings. The van der Waals surface area contributed by atoms with Gasteiger partial charge in [0.05, 0.1) is 0 Å². The molecule has 1 aromatic heterocycles. The van der Waals surface area contributed by atoms with Crippen LogP contribution in [0, 0.1) is 13.8 Å². The van der Waals surface area contributed by atoms with E-state index in [2.05, 4.69) is 27.6 Å². The second kappa shape index (κ2) is 8.74. The van der Waals surface area contributed by atoms with Crippen molar-refractivity contribution in [3.63, 3.8) is 0 Å². The Morgan fingerprint density at radius 2 is 1.57 bits per heavy atom. The molecule has 5 nitrogen and oxygen atoms in total. The quantitative estimate of drug-likeness (QED) is 0.460. The molecule has 150 valence electrons. The number of aromatic nitrogens is 2. The molecule has 3 aromatic carbocycles. The predicted molar refractivity (Wildman–Crippen MR) is 118 cm³/mol. The minimum Gasteiger partial charge on any atom is -0.339 e. The Morgan fingerprint density at radius 3 is 2.33 bits per heavy atom. The first-order valence-electron chi connectivity index (χ1n) is 9.94. The lowest BCUT2D eigenvalue weighted by molar-refractivity contribution is -0.116. The van der Waals surface area contributed by atoms with E-state index in [0.717, 1.165) is 33.5 Å². The van der Waals surface area contributed by atoms with E-state index in [9.17, 15) is 4.79 Å². The first-order chi connectivity index (χ1) is 14.6. The topological polar surface area (TPSA) is 68.0 Å². The lowest BCUT2D eigenvalue weighted by Crippen LogP contribution is -2.13. The third-order valence-electron chi connectivity index (χ3n) is 5.16. The molecule has 0 bridgehead atoms. The van der Waals surface area contributed by atoms with Gasteiger partial charge in [0, 0.05) is 24.1 Å². The largest absolute Gasteiger partial charge is 0.339 e. The van der Waals surface area contributed by atoms with Crippen LogP contribution in [0.3, 0.4) is 0 Å². The summed E-state index contributed by atoms with van der Waals surface area (Å²) < 4.78 is 5.34. The average molecular weight is 397 g/mol. The van der Waals surface area contributed by atoms with Gasteiger partial charge in [0.2, 0.25) is 17.6 Å². The van der Waals surface area contributed by atoms with Crippen LogP contribution in [0.1, 0.15) is 23.4 Å². The number of hydrogen-bond donors (Lipinski definition) is 1. The molecule has 0 spiro atoms. The normalized spacial score (nSPS) is 10.7. The molecule has 0 unspecified atom stereocenters. The van der Waals surface area contributed by atoms with E-state index < -0.39 is 0 Å². The highest BCUT2D eigenvalue weighted by Gasteiger charge is 2.12. The van der Waals surface area contributed by atoms with Crippen molar-refractivity contribution in [1.29, 1.82) is 0 Å². The molecule has 0 saturated carbocycles. The summed E-state index contributed by atoms with van der Waals surface area (Å²) in [5.41, 5.74) is 6.23. The van der Waals surface area contributed by atoms with Crippen molar-refractivity contribution in [2.75, 3.05) is 5.32 Å². The summed E-state index contributed by atoms with van der Waals surface area (Å²) in [5.74, 6) is 0.906. The van der Waals surface area contributed by atoms with Gasteiger partial charge in [0.15, 0.2) is 0 Å². The predicted octanol–water partition coefficient (Wildman–Crippen LogP) is 5.59. The smallest absolute Gasteiger partial charge is 0.227 e. The Balaban J connectivity index is 1.37. The number of anilines is 1. The molecule has 5 heteroatoms. The first-order valence-corrected chi connectivity index (χ1v) is 9.94. The second-order valence-electron chi connectivity index (χ2n) is 7.25. The molecule has 0 radical (unpaired) electrons. The number of rotatable bonds is 6. The SMILES string of the molecule is Cc1cccc(NC(=O)CCc2nc(-c3ccc(-c4ccccc4)cc3)no2)c1C. The summed E-state index contributed by atoms with van der Waals surface area (Å²) >= 11 is 0. The fourth-order valence-electron chi connectivity index (χ4n) is 3.24. The molecule has 0 aliphatic heterocycles. The monoisotopic (exact) mass is 397 g/mol. The van der Waals surface area contributed by atoms with Gasteiger partial charge in [-0.15, -0.1) is 0 Å². The zero-order valence-electron chi connectivity index (χ0n) is 17.1. The average Bonchev–Trinajstić information content (AvgIpc) is 3.25. The highest BCUT2D eigenvalue weighted by molar-refractivity contribution is 5.91. The summed E-state index contributed by atoms with van der Waals surface area (Å²) in [4.78, 5) is 16.7. The minimum absolute atomic E-state index is 0.0735. The van der Waals surface area contributed by atoms with Crippen LogP contribution in [0.25, 0.3) is 22.5 Å². The maximum atomic E-state index is 12.3. The van der Waals surface area contributed by atoms with E-state index in [4.69, 9.17) is 4.52 Å². The zero-order chi connectivity index (χ0) is 20.9. The number of carbonyl (C=O) groups is 1. The standard InChI is InChI=1S/C25H23N3O2/c1-17-7-6-10-22(18(17)2)26-23(29)15-16-24-27-25(28-30-24)21-13-11-20(12-14-21)19-8-4-3-5-9-19/h3-14H,15-16H2,1-2H3,(H,26,29). The van der Waals surface area contributed by atoms with Crippen LogP contribution in [0.4, 0.5) is 5.69 Å². The molecule has 4 rings (SSSR count). The van der Waals surface area contributed by atoms with Gasteiger partial charge in [-0.2, -0.15) is 4.98 Å². The van der Waals surface area contributed by atoms with Gasteiger partial charge in [-0.05, 0) is 42.2 Å². The van der Waals surface area contributed by atoms with Crippen LogP contribution in [-0.2, 0) is 11.2 Å². The maximum absolute atomic E-state index is 12.3. The van der Waals surface area contributed by atoms with E-state index in [1.807, 2.05) is 74.5 Å². The fourth-order valence-corrected chi connectivity index (χ4v) is 3.24. The number of hydrogen-bond acceptors (Lipinski definition) is 4. The van der Waals surface area contributed by atoms with E-state index in [1.165, 1.54) is 0 Å². The summed E-state index contributed by atoms with van der Waals surface area (Å²) in [6.45, 7) is 4.02. The summed E-state index contributed by atoms with van der Waals surface area (Å²) in [5, 5.41) is 7.01. The van der Waals surface area contributed by atoms with Crippen molar-refractivity contribution in [2.24, 2.45) is 0 Å². The molecule has 0 saturated heterocycles. The molecule has 0 aliphatic carbocycles. The van der Waals surface area contributed by atoms with E-state index in [0.29, 0.717) is 18.1 Å². The molecular weight excluding hydrogens is 374 g/mol. The van der Waals surface area contributed by atoms with Crippen molar-refractivity contribution in [1.82, 2.24) is 10.1 Å². The highest BCUT2D eigenvalue weighted by Crippen LogP contribution is 2.23. The van der Waals surface area contributed by atoms with Crippen LogP contribution in [0.15, 0.2) is 77.3 Å². The Kier molecular flexibility index (Phi) is 5.70. The van der Waals surface area contributed by atoms with Crippen molar-refractivity contribution < 1.29 is 9.32 Å². The van der Waals surface area contributed by atoms with Crippen LogP contribution >= 0.6 is 0 Å². The Bertz CT molecular complexity index is 1150. The van der Waals surface area contributed by atoms with Crippen molar-refractivity contribution >= 4 is 11.6 Å². The third kappa shape index (κ3) is 4.46. The Morgan fingerprint density at radius 1 is 0.867 bits per heavy atom. The first kappa shape index (κ1) is 19.6. The van der Waals surface area contributed by atoms with Gasteiger partial charge < -0.3 is 9.84 Å². The van der Waals surface area contributed by atoms with Gasteiger partial charge in [-0.25, -0.2) is 0 Å². The van der Waals surface area contributed by atoms with Crippen LogP contribution < -0.4 is 5.32 Å². The summed E-state index contributed by atoms with van der Waals surface area (Å²) in [6, 6.07) is 24.1. The number of amides is 1. The fraction of sp³-hybridized carbons (Fsp3) is 0.160. The Labute approximate surface area is 175 Å². The van der Waals surface area contributed by atoms with Gasteiger partial charge in [-0.1, -0.05) is 71.9 Å². The summed E-state index contributed by atoms with van der Waals surface area (Å²) in [6.07, 6.45) is 0.674. The Hall–Kier alpha value is -3.73. The van der Waals surface area contributed by atoms with Crippen molar-refractivity contribution in [3.05, 3.63) is 89.8 Å². The highest BCUT2D eigenvalue weighted by atomic mass is 16.5. The molecule has 0 fully saturated rings.